The Morgan fingerprint density at radius 1 is 1.43 bits per heavy atom. The predicted octanol–water partition coefficient (Wildman–Crippen LogP) is 3.66. The molecule has 82 valence electrons. The van der Waals surface area contributed by atoms with E-state index < -0.39 is 0 Å². The molecule has 1 rings (SSSR count). The van der Waals surface area contributed by atoms with E-state index in [4.69, 9.17) is 4.74 Å². The molecule has 2 atom stereocenters. The number of hydrogen-bond acceptors (Lipinski definition) is 2. The first-order valence-corrected chi connectivity index (χ1v) is 6.72. The van der Waals surface area contributed by atoms with Gasteiger partial charge < -0.3 is 4.74 Å². The van der Waals surface area contributed by atoms with E-state index in [2.05, 4.69) is 61.6 Å². The monoisotopic (exact) mass is 390 g/mol. The molecule has 1 aliphatic carbocycles. The van der Waals surface area contributed by atoms with Crippen molar-refractivity contribution in [3.63, 3.8) is 0 Å². The lowest BCUT2D eigenvalue weighted by atomic mass is 10.1. The minimum absolute atomic E-state index is 0.0273. The summed E-state index contributed by atoms with van der Waals surface area (Å²) in [7, 11) is 1.44. The van der Waals surface area contributed by atoms with Crippen molar-refractivity contribution in [3.05, 3.63) is 0 Å². The summed E-state index contributed by atoms with van der Waals surface area (Å²) in [6, 6.07) is 0. The van der Waals surface area contributed by atoms with Crippen molar-refractivity contribution in [1.29, 1.82) is 0 Å². The first-order valence-electron chi connectivity index (χ1n) is 4.34. The van der Waals surface area contributed by atoms with Gasteiger partial charge in [-0.3, -0.25) is 4.79 Å². The van der Waals surface area contributed by atoms with Crippen LogP contribution in [0, 0.1) is 17.3 Å². The highest BCUT2D eigenvalue weighted by atomic mass is 80.0. The maximum absolute atomic E-state index is 11.4. The Balaban J connectivity index is 2.62. The highest BCUT2D eigenvalue weighted by molar-refractivity contribution is 9.39. The van der Waals surface area contributed by atoms with E-state index in [0.717, 1.165) is 6.42 Å². The summed E-state index contributed by atoms with van der Waals surface area (Å²) >= 11 is 10.4. The van der Waals surface area contributed by atoms with Crippen LogP contribution in [0.2, 0.25) is 0 Å². The van der Waals surface area contributed by atoms with Crippen molar-refractivity contribution in [2.75, 3.05) is 7.11 Å². The Bertz CT molecular complexity index is 245. The molecule has 0 heterocycles. The van der Waals surface area contributed by atoms with Crippen LogP contribution in [0.25, 0.3) is 0 Å². The molecule has 0 bridgehead atoms. The van der Waals surface area contributed by atoms with Gasteiger partial charge >= 0.3 is 5.97 Å². The summed E-state index contributed by atoms with van der Waals surface area (Å²) in [5.74, 6) is 0.282. The SMILES string of the molecule is COC(=O)C1C(CC(Br)(Br)Br)C1(C)C. The Kier molecular flexibility index (Phi) is 3.76. The zero-order chi connectivity index (χ0) is 11.1. The van der Waals surface area contributed by atoms with E-state index in [-0.39, 0.29) is 19.4 Å². The van der Waals surface area contributed by atoms with E-state index in [1.54, 1.807) is 0 Å². The molecule has 2 unspecified atom stereocenters. The molecule has 0 spiro atoms. The molecule has 0 aromatic rings. The second-order valence-corrected chi connectivity index (χ2v) is 11.5. The highest BCUT2D eigenvalue weighted by Crippen LogP contribution is 2.63. The summed E-state index contributed by atoms with van der Waals surface area (Å²) in [5, 5.41) is 0. The molecule has 0 radical (unpaired) electrons. The molecule has 14 heavy (non-hydrogen) atoms. The average molecular weight is 393 g/mol. The molecule has 0 N–H and O–H groups in total. The van der Waals surface area contributed by atoms with Crippen molar-refractivity contribution < 1.29 is 9.53 Å². The van der Waals surface area contributed by atoms with Crippen molar-refractivity contribution in [2.45, 2.75) is 22.4 Å². The average Bonchev–Trinajstić information content (AvgIpc) is 2.49. The molecule has 1 saturated carbocycles. The quantitative estimate of drug-likeness (QED) is 0.529. The normalized spacial score (nSPS) is 29.9. The fraction of sp³-hybridized carbons (Fsp3) is 0.889. The van der Waals surface area contributed by atoms with Crippen molar-refractivity contribution >= 4 is 53.8 Å². The number of carbonyl (C=O) groups is 1. The predicted molar refractivity (Wildman–Crippen MR) is 66.9 cm³/mol. The van der Waals surface area contributed by atoms with E-state index in [0.29, 0.717) is 5.92 Å². The Morgan fingerprint density at radius 2 is 1.93 bits per heavy atom. The van der Waals surface area contributed by atoms with Gasteiger partial charge in [0.05, 0.1) is 13.0 Å². The van der Waals surface area contributed by atoms with Crippen LogP contribution < -0.4 is 0 Å². The van der Waals surface area contributed by atoms with Gasteiger partial charge in [-0.2, -0.15) is 0 Å². The molecule has 0 aromatic heterocycles. The van der Waals surface area contributed by atoms with Gasteiger partial charge in [0.25, 0.3) is 0 Å². The number of methoxy groups -OCH3 is 1. The molecular formula is C9H13Br3O2. The lowest BCUT2D eigenvalue weighted by Crippen LogP contribution is -2.08. The Morgan fingerprint density at radius 3 is 2.29 bits per heavy atom. The summed E-state index contributed by atoms with van der Waals surface area (Å²) in [5.41, 5.74) is 0.0493. The lowest BCUT2D eigenvalue weighted by Gasteiger charge is -2.12. The zero-order valence-electron chi connectivity index (χ0n) is 8.31. The first-order chi connectivity index (χ1) is 6.20. The number of alkyl halides is 3. The minimum Gasteiger partial charge on any atom is -0.469 e. The van der Waals surface area contributed by atoms with Crippen LogP contribution in [0.1, 0.15) is 20.3 Å². The van der Waals surface area contributed by atoms with Gasteiger partial charge in [0.2, 0.25) is 0 Å². The third-order valence-corrected chi connectivity index (χ3v) is 3.93. The van der Waals surface area contributed by atoms with Gasteiger partial charge in [0, 0.05) is 0 Å². The maximum atomic E-state index is 11.4. The van der Waals surface area contributed by atoms with Crippen molar-refractivity contribution in [2.24, 2.45) is 17.3 Å². The second-order valence-electron chi connectivity index (χ2n) is 4.25. The molecule has 0 aliphatic heterocycles. The van der Waals surface area contributed by atoms with E-state index >= 15 is 0 Å². The van der Waals surface area contributed by atoms with Crippen molar-refractivity contribution in [3.8, 4) is 0 Å². The second kappa shape index (κ2) is 4.06. The fourth-order valence-electron chi connectivity index (χ4n) is 1.97. The van der Waals surface area contributed by atoms with Gasteiger partial charge in [-0.15, -0.1) is 0 Å². The summed E-state index contributed by atoms with van der Waals surface area (Å²) in [6.07, 6.45) is 0.847. The summed E-state index contributed by atoms with van der Waals surface area (Å²) < 4.78 is 4.50. The molecule has 2 nitrogen and oxygen atoms in total. The van der Waals surface area contributed by atoms with Crippen LogP contribution in [0.4, 0.5) is 0 Å². The first kappa shape index (κ1) is 13.0. The lowest BCUT2D eigenvalue weighted by molar-refractivity contribution is -0.143. The number of rotatable bonds is 2. The number of halogens is 3. The van der Waals surface area contributed by atoms with Crippen molar-refractivity contribution in [1.82, 2.24) is 0 Å². The van der Waals surface area contributed by atoms with Crippen LogP contribution in [-0.4, -0.2) is 15.2 Å². The summed E-state index contributed by atoms with van der Waals surface area (Å²) in [6.45, 7) is 4.19. The molecular weight excluding hydrogens is 380 g/mol. The molecule has 1 aliphatic rings. The molecule has 0 aromatic carbocycles. The Labute approximate surface area is 110 Å². The van der Waals surface area contributed by atoms with Gasteiger partial charge in [-0.25, -0.2) is 0 Å². The highest BCUT2D eigenvalue weighted by Gasteiger charge is 2.63. The van der Waals surface area contributed by atoms with E-state index in [1.807, 2.05) is 0 Å². The van der Waals surface area contributed by atoms with E-state index in [1.165, 1.54) is 7.11 Å². The largest absolute Gasteiger partial charge is 0.469 e. The Hall–Kier alpha value is 0.910. The molecule has 1 fully saturated rings. The number of ether oxygens (including phenoxy) is 1. The van der Waals surface area contributed by atoms with Gasteiger partial charge in [0.15, 0.2) is 0 Å². The van der Waals surface area contributed by atoms with Gasteiger partial charge in [0.1, 0.15) is 2.14 Å². The molecule has 0 saturated heterocycles. The van der Waals surface area contributed by atoms with Crippen LogP contribution in [0.3, 0.4) is 0 Å². The van der Waals surface area contributed by atoms with Crippen LogP contribution in [0.5, 0.6) is 0 Å². The van der Waals surface area contributed by atoms with Crippen LogP contribution in [-0.2, 0) is 9.53 Å². The maximum Gasteiger partial charge on any atom is 0.309 e. The smallest absolute Gasteiger partial charge is 0.309 e. The summed E-state index contributed by atoms with van der Waals surface area (Å²) in [4.78, 5) is 11.4. The van der Waals surface area contributed by atoms with E-state index in [9.17, 15) is 4.79 Å². The fourth-order valence-corrected chi connectivity index (χ4v) is 3.02. The number of hydrogen-bond donors (Lipinski definition) is 0. The van der Waals surface area contributed by atoms with Crippen LogP contribution >= 0.6 is 47.8 Å². The topological polar surface area (TPSA) is 26.3 Å². The van der Waals surface area contributed by atoms with Gasteiger partial charge in [-0.05, 0) is 17.8 Å². The third kappa shape index (κ3) is 2.73. The van der Waals surface area contributed by atoms with Gasteiger partial charge in [-0.1, -0.05) is 61.6 Å². The minimum atomic E-state index is -0.266. The molecule has 5 heteroatoms. The zero-order valence-corrected chi connectivity index (χ0v) is 13.1. The number of carbonyl (C=O) groups excluding carboxylic acids is 1. The standard InChI is InChI=1S/C9H13Br3O2/c1-8(2)5(4-9(10,11)12)6(8)7(13)14-3/h5-6H,4H2,1-3H3. The van der Waals surface area contributed by atoms with Crippen LogP contribution in [0.15, 0.2) is 0 Å². The number of esters is 1. The molecule has 0 amide bonds. The third-order valence-electron chi connectivity index (χ3n) is 2.96.